The Morgan fingerprint density at radius 2 is 2.15 bits per heavy atom. The molecular formula is C14H20N4O2. The van der Waals surface area contributed by atoms with Crippen molar-refractivity contribution in [1.82, 2.24) is 20.6 Å². The second-order valence-corrected chi connectivity index (χ2v) is 5.59. The van der Waals surface area contributed by atoms with Gasteiger partial charge in [-0.1, -0.05) is 0 Å². The predicted octanol–water partition coefficient (Wildman–Crippen LogP) is 0.583. The average molecular weight is 276 g/mol. The summed E-state index contributed by atoms with van der Waals surface area (Å²) in [6.45, 7) is 3.85. The highest BCUT2D eigenvalue weighted by molar-refractivity contribution is 5.80. The number of hydrogen-bond donors (Lipinski definition) is 2. The molecule has 1 aromatic heterocycles. The monoisotopic (exact) mass is 276 g/mol. The van der Waals surface area contributed by atoms with Gasteiger partial charge in [0.05, 0.1) is 11.6 Å². The summed E-state index contributed by atoms with van der Waals surface area (Å²) in [5.74, 6) is 0.670. The summed E-state index contributed by atoms with van der Waals surface area (Å²) in [5, 5.41) is 5.90. The molecule has 2 rings (SSSR count). The first-order chi connectivity index (χ1) is 9.47. The summed E-state index contributed by atoms with van der Waals surface area (Å²) < 4.78 is 0. The van der Waals surface area contributed by atoms with E-state index in [-0.39, 0.29) is 17.9 Å². The van der Waals surface area contributed by atoms with Crippen molar-refractivity contribution < 1.29 is 9.59 Å². The SMILES string of the molecule is CC1(C)NC(=O)CCC1NC(=O)CCc1ncccn1. The lowest BCUT2D eigenvalue weighted by molar-refractivity contribution is -0.128. The Balaban J connectivity index is 1.84. The molecule has 0 saturated carbocycles. The van der Waals surface area contributed by atoms with Crippen molar-refractivity contribution in [2.45, 2.75) is 51.1 Å². The smallest absolute Gasteiger partial charge is 0.220 e. The van der Waals surface area contributed by atoms with E-state index in [0.717, 1.165) is 0 Å². The predicted molar refractivity (Wildman–Crippen MR) is 73.7 cm³/mol. The van der Waals surface area contributed by atoms with Crippen LogP contribution in [-0.4, -0.2) is 33.4 Å². The number of piperidine rings is 1. The van der Waals surface area contributed by atoms with Gasteiger partial charge in [0.25, 0.3) is 0 Å². The molecular weight excluding hydrogens is 256 g/mol. The minimum absolute atomic E-state index is 0.0355. The maximum atomic E-state index is 12.0. The second-order valence-electron chi connectivity index (χ2n) is 5.59. The van der Waals surface area contributed by atoms with Gasteiger partial charge in [-0.05, 0) is 26.3 Å². The van der Waals surface area contributed by atoms with Gasteiger partial charge in [-0.15, -0.1) is 0 Å². The number of nitrogens with zero attached hydrogens (tertiary/aromatic N) is 2. The zero-order valence-corrected chi connectivity index (χ0v) is 11.8. The molecule has 0 aliphatic carbocycles. The average Bonchev–Trinajstić information content (AvgIpc) is 2.40. The molecule has 1 fully saturated rings. The summed E-state index contributed by atoms with van der Waals surface area (Å²) >= 11 is 0. The van der Waals surface area contributed by atoms with Gasteiger partial charge in [-0.25, -0.2) is 9.97 Å². The Hall–Kier alpha value is -1.98. The Morgan fingerprint density at radius 1 is 1.45 bits per heavy atom. The fourth-order valence-electron chi connectivity index (χ4n) is 2.35. The minimum atomic E-state index is -0.408. The summed E-state index contributed by atoms with van der Waals surface area (Å²) in [4.78, 5) is 31.5. The summed E-state index contributed by atoms with van der Waals surface area (Å²) in [6.07, 6.45) is 5.33. The first kappa shape index (κ1) is 14.4. The van der Waals surface area contributed by atoms with Gasteiger partial charge in [0.1, 0.15) is 5.82 Å². The highest BCUT2D eigenvalue weighted by Crippen LogP contribution is 2.19. The molecule has 0 spiro atoms. The lowest BCUT2D eigenvalue weighted by Gasteiger charge is -2.39. The number of aromatic nitrogens is 2. The molecule has 1 aliphatic rings. The molecule has 1 aliphatic heterocycles. The fraction of sp³-hybridized carbons (Fsp3) is 0.571. The Labute approximate surface area is 118 Å². The van der Waals surface area contributed by atoms with E-state index >= 15 is 0 Å². The number of nitrogens with one attached hydrogen (secondary N) is 2. The number of carbonyl (C=O) groups excluding carboxylic acids is 2. The van der Waals surface area contributed by atoms with Crippen molar-refractivity contribution in [2.24, 2.45) is 0 Å². The van der Waals surface area contributed by atoms with Crippen molar-refractivity contribution in [1.29, 1.82) is 0 Å². The standard InChI is InChI=1S/C14H20N4O2/c1-14(2)10(4-6-13(20)18-14)17-12(19)7-5-11-15-8-3-9-16-11/h3,8-10H,4-7H2,1-2H3,(H,17,19)(H,18,20). The molecule has 1 aromatic rings. The molecule has 2 N–H and O–H groups in total. The van der Waals surface area contributed by atoms with Gasteiger partial charge in [0.2, 0.25) is 11.8 Å². The molecule has 2 heterocycles. The van der Waals surface area contributed by atoms with Crippen LogP contribution in [-0.2, 0) is 16.0 Å². The van der Waals surface area contributed by atoms with Crippen LogP contribution in [0.1, 0.15) is 38.9 Å². The van der Waals surface area contributed by atoms with Crippen LogP contribution in [0.15, 0.2) is 18.5 Å². The first-order valence-corrected chi connectivity index (χ1v) is 6.83. The zero-order valence-electron chi connectivity index (χ0n) is 11.8. The van der Waals surface area contributed by atoms with E-state index in [1.165, 1.54) is 0 Å². The lowest BCUT2D eigenvalue weighted by atomic mass is 9.87. The molecule has 2 amide bonds. The number of hydrogen-bond acceptors (Lipinski definition) is 4. The Morgan fingerprint density at radius 3 is 2.80 bits per heavy atom. The van der Waals surface area contributed by atoms with Crippen LogP contribution in [0.25, 0.3) is 0 Å². The van der Waals surface area contributed by atoms with Crippen LogP contribution in [0.4, 0.5) is 0 Å². The molecule has 0 aromatic carbocycles. The van der Waals surface area contributed by atoms with Gasteiger partial charge in [-0.2, -0.15) is 0 Å². The zero-order chi connectivity index (χ0) is 14.6. The van der Waals surface area contributed by atoms with Crippen LogP contribution in [0, 0.1) is 0 Å². The van der Waals surface area contributed by atoms with Crippen molar-refractivity contribution in [3.8, 4) is 0 Å². The van der Waals surface area contributed by atoms with Crippen LogP contribution >= 0.6 is 0 Å². The van der Waals surface area contributed by atoms with Crippen LogP contribution in [0.3, 0.4) is 0 Å². The number of amides is 2. The van der Waals surface area contributed by atoms with E-state index in [1.807, 2.05) is 13.8 Å². The maximum absolute atomic E-state index is 12.0. The summed E-state index contributed by atoms with van der Waals surface area (Å²) in [5.41, 5.74) is -0.408. The molecule has 1 saturated heterocycles. The number of rotatable bonds is 4. The molecule has 1 unspecified atom stereocenters. The molecule has 0 bridgehead atoms. The van der Waals surface area contributed by atoms with E-state index in [4.69, 9.17) is 0 Å². The third kappa shape index (κ3) is 3.76. The van der Waals surface area contributed by atoms with E-state index in [2.05, 4.69) is 20.6 Å². The Kier molecular flexibility index (Phi) is 4.32. The number of aryl methyl sites for hydroxylation is 1. The lowest BCUT2D eigenvalue weighted by Crippen LogP contribution is -2.62. The Bertz CT molecular complexity index is 487. The maximum Gasteiger partial charge on any atom is 0.220 e. The molecule has 108 valence electrons. The minimum Gasteiger partial charge on any atom is -0.351 e. The van der Waals surface area contributed by atoms with Crippen molar-refractivity contribution >= 4 is 11.8 Å². The number of carbonyl (C=O) groups is 2. The van der Waals surface area contributed by atoms with Gasteiger partial charge in [0, 0.05) is 31.7 Å². The topological polar surface area (TPSA) is 84.0 Å². The fourth-order valence-corrected chi connectivity index (χ4v) is 2.35. The quantitative estimate of drug-likeness (QED) is 0.842. The van der Waals surface area contributed by atoms with Gasteiger partial charge < -0.3 is 10.6 Å². The normalized spacial score (nSPS) is 21.1. The van der Waals surface area contributed by atoms with Crippen molar-refractivity contribution in [3.05, 3.63) is 24.3 Å². The van der Waals surface area contributed by atoms with Crippen molar-refractivity contribution in [3.63, 3.8) is 0 Å². The van der Waals surface area contributed by atoms with Gasteiger partial charge >= 0.3 is 0 Å². The van der Waals surface area contributed by atoms with E-state index < -0.39 is 5.54 Å². The molecule has 1 atom stereocenters. The van der Waals surface area contributed by atoms with Crippen LogP contribution in [0.5, 0.6) is 0 Å². The molecule has 20 heavy (non-hydrogen) atoms. The van der Waals surface area contributed by atoms with E-state index in [0.29, 0.717) is 31.5 Å². The van der Waals surface area contributed by atoms with Crippen molar-refractivity contribution in [2.75, 3.05) is 0 Å². The summed E-state index contributed by atoms with van der Waals surface area (Å²) in [7, 11) is 0. The highest BCUT2D eigenvalue weighted by Gasteiger charge is 2.36. The largest absolute Gasteiger partial charge is 0.351 e. The third-order valence-electron chi connectivity index (χ3n) is 3.52. The first-order valence-electron chi connectivity index (χ1n) is 6.83. The van der Waals surface area contributed by atoms with Crippen LogP contribution in [0.2, 0.25) is 0 Å². The third-order valence-corrected chi connectivity index (χ3v) is 3.52. The van der Waals surface area contributed by atoms with E-state index in [9.17, 15) is 9.59 Å². The van der Waals surface area contributed by atoms with Gasteiger partial charge in [0.15, 0.2) is 0 Å². The van der Waals surface area contributed by atoms with Crippen LogP contribution < -0.4 is 10.6 Å². The van der Waals surface area contributed by atoms with Gasteiger partial charge in [-0.3, -0.25) is 9.59 Å². The molecule has 0 radical (unpaired) electrons. The molecule has 6 heteroatoms. The summed E-state index contributed by atoms with van der Waals surface area (Å²) in [6, 6.07) is 1.71. The second kappa shape index (κ2) is 5.98. The van der Waals surface area contributed by atoms with E-state index in [1.54, 1.807) is 18.5 Å². The highest BCUT2D eigenvalue weighted by atomic mass is 16.2. The molecule has 6 nitrogen and oxygen atoms in total.